The molecule has 1 aliphatic rings. The van der Waals surface area contributed by atoms with Gasteiger partial charge in [0.25, 0.3) is 5.91 Å². The monoisotopic (exact) mass is 214 g/mol. The van der Waals surface area contributed by atoms with Gasteiger partial charge in [-0.25, -0.2) is 0 Å². The van der Waals surface area contributed by atoms with E-state index in [1.54, 1.807) is 4.90 Å². The van der Waals surface area contributed by atoms with Crippen molar-refractivity contribution in [2.24, 2.45) is 11.7 Å². The van der Waals surface area contributed by atoms with Gasteiger partial charge in [0.1, 0.15) is 6.10 Å². The van der Waals surface area contributed by atoms with Crippen LogP contribution < -0.4 is 5.73 Å². The first-order chi connectivity index (χ1) is 7.04. The van der Waals surface area contributed by atoms with Gasteiger partial charge in [-0.1, -0.05) is 6.92 Å². The second-order valence-electron chi connectivity index (χ2n) is 4.57. The normalized spacial score (nSPS) is 27.7. The second kappa shape index (κ2) is 5.47. The van der Waals surface area contributed by atoms with Crippen molar-refractivity contribution in [2.75, 3.05) is 20.1 Å². The number of nitrogens with two attached hydrogens (primary N) is 1. The minimum Gasteiger partial charge on any atom is -0.365 e. The summed E-state index contributed by atoms with van der Waals surface area (Å²) in [6.45, 7) is 5.38. The van der Waals surface area contributed by atoms with Gasteiger partial charge in [-0.15, -0.1) is 0 Å². The zero-order chi connectivity index (χ0) is 11.4. The van der Waals surface area contributed by atoms with E-state index < -0.39 is 0 Å². The van der Waals surface area contributed by atoms with Crippen LogP contribution in [0.5, 0.6) is 0 Å². The van der Waals surface area contributed by atoms with Crippen LogP contribution in [0.3, 0.4) is 0 Å². The van der Waals surface area contributed by atoms with Crippen molar-refractivity contribution in [3.63, 3.8) is 0 Å². The largest absolute Gasteiger partial charge is 0.365 e. The number of carbonyl (C=O) groups excluding carboxylic acids is 1. The highest BCUT2D eigenvalue weighted by molar-refractivity contribution is 5.80. The molecule has 0 aromatic heterocycles. The van der Waals surface area contributed by atoms with Gasteiger partial charge in [0.2, 0.25) is 0 Å². The van der Waals surface area contributed by atoms with E-state index in [1.807, 2.05) is 20.9 Å². The van der Waals surface area contributed by atoms with Crippen molar-refractivity contribution in [1.82, 2.24) is 4.90 Å². The molecule has 4 heteroatoms. The molecule has 1 heterocycles. The number of rotatable bonds is 4. The first-order valence-electron chi connectivity index (χ1n) is 5.65. The predicted molar refractivity (Wildman–Crippen MR) is 59.4 cm³/mol. The molecule has 3 atom stereocenters. The Balaban J connectivity index is 2.39. The first kappa shape index (κ1) is 12.5. The van der Waals surface area contributed by atoms with Gasteiger partial charge in [-0.3, -0.25) is 4.79 Å². The number of likely N-dealkylation sites (N-methyl/N-ethyl adjacent to an activating group) is 1. The van der Waals surface area contributed by atoms with Crippen LogP contribution in [0.25, 0.3) is 0 Å². The summed E-state index contributed by atoms with van der Waals surface area (Å²) in [5.41, 5.74) is 5.53. The van der Waals surface area contributed by atoms with Crippen LogP contribution in [-0.4, -0.2) is 43.2 Å². The van der Waals surface area contributed by atoms with Crippen molar-refractivity contribution in [1.29, 1.82) is 0 Å². The van der Waals surface area contributed by atoms with Crippen LogP contribution in [0.15, 0.2) is 0 Å². The zero-order valence-corrected chi connectivity index (χ0v) is 9.90. The fourth-order valence-electron chi connectivity index (χ4n) is 1.86. The lowest BCUT2D eigenvalue weighted by Crippen LogP contribution is -2.40. The summed E-state index contributed by atoms with van der Waals surface area (Å²) in [5, 5.41) is 0. The van der Waals surface area contributed by atoms with E-state index in [4.69, 9.17) is 10.5 Å². The van der Waals surface area contributed by atoms with Gasteiger partial charge >= 0.3 is 0 Å². The van der Waals surface area contributed by atoms with Gasteiger partial charge in [0.15, 0.2) is 0 Å². The van der Waals surface area contributed by atoms with E-state index in [2.05, 4.69) is 0 Å². The van der Waals surface area contributed by atoms with Crippen LogP contribution in [0.4, 0.5) is 0 Å². The molecule has 0 aromatic rings. The number of hydrogen-bond acceptors (Lipinski definition) is 3. The van der Waals surface area contributed by atoms with Crippen molar-refractivity contribution in [2.45, 2.75) is 38.9 Å². The number of amides is 1. The van der Waals surface area contributed by atoms with Gasteiger partial charge in [0.05, 0.1) is 6.10 Å². The maximum absolute atomic E-state index is 11.9. The molecule has 1 amide bonds. The van der Waals surface area contributed by atoms with E-state index in [0.717, 1.165) is 12.8 Å². The van der Waals surface area contributed by atoms with Crippen LogP contribution in [0.2, 0.25) is 0 Å². The Labute approximate surface area is 91.8 Å². The average molecular weight is 214 g/mol. The van der Waals surface area contributed by atoms with Crippen LogP contribution in [0.1, 0.15) is 26.7 Å². The molecule has 0 radical (unpaired) electrons. The van der Waals surface area contributed by atoms with Crippen LogP contribution >= 0.6 is 0 Å². The van der Waals surface area contributed by atoms with E-state index >= 15 is 0 Å². The summed E-state index contributed by atoms with van der Waals surface area (Å²) in [6, 6.07) is 0. The van der Waals surface area contributed by atoms with E-state index in [9.17, 15) is 4.79 Å². The molecule has 0 aromatic carbocycles. The number of hydrogen-bond donors (Lipinski definition) is 1. The molecular formula is C11H22N2O2. The Kier molecular flexibility index (Phi) is 4.54. The third-order valence-corrected chi connectivity index (χ3v) is 2.87. The highest BCUT2D eigenvalue weighted by Gasteiger charge is 2.30. The Hall–Kier alpha value is -0.610. The van der Waals surface area contributed by atoms with Crippen molar-refractivity contribution >= 4 is 5.91 Å². The molecule has 0 bridgehead atoms. The van der Waals surface area contributed by atoms with E-state index in [0.29, 0.717) is 19.0 Å². The molecule has 1 saturated heterocycles. The van der Waals surface area contributed by atoms with Crippen LogP contribution in [0, 0.1) is 5.92 Å². The second-order valence-corrected chi connectivity index (χ2v) is 4.57. The summed E-state index contributed by atoms with van der Waals surface area (Å²) in [5.74, 6) is 0.442. The van der Waals surface area contributed by atoms with E-state index in [1.165, 1.54) is 0 Å². The lowest BCUT2D eigenvalue weighted by Gasteiger charge is -2.23. The SMILES string of the molecule is CC(CN)CN(C)C(=O)C1CCC(C)O1. The Bertz CT molecular complexity index is 221. The highest BCUT2D eigenvalue weighted by Crippen LogP contribution is 2.20. The smallest absolute Gasteiger partial charge is 0.251 e. The Morgan fingerprint density at radius 2 is 2.27 bits per heavy atom. The molecule has 0 saturated carbocycles. The fraction of sp³-hybridized carbons (Fsp3) is 0.909. The molecule has 4 nitrogen and oxygen atoms in total. The van der Waals surface area contributed by atoms with Crippen LogP contribution in [-0.2, 0) is 9.53 Å². The highest BCUT2D eigenvalue weighted by atomic mass is 16.5. The third kappa shape index (κ3) is 3.47. The lowest BCUT2D eigenvalue weighted by molar-refractivity contribution is -0.141. The fourth-order valence-corrected chi connectivity index (χ4v) is 1.86. The number of carbonyl (C=O) groups is 1. The summed E-state index contributed by atoms with van der Waals surface area (Å²) in [6.07, 6.45) is 1.83. The third-order valence-electron chi connectivity index (χ3n) is 2.87. The summed E-state index contributed by atoms with van der Waals surface area (Å²) >= 11 is 0. The molecule has 1 aliphatic heterocycles. The molecule has 15 heavy (non-hydrogen) atoms. The summed E-state index contributed by atoms with van der Waals surface area (Å²) < 4.78 is 5.54. The zero-order valence-electron chi connectivity index (χ0n) is 9.90. The van der Waals surface area contributed by atoms with Crippen molar-refractivity contribution in [3.8, 4) is 0 Å². The maximum Gasteiger partial charge on any atom is 0.251 e. The molecule has 0 spiro atoms. The molecule has 1 fully saturated rings. The minimum atomic E-state index is -0.227. The number of ether oxygens (including phenoxy) is 1. The lowest BCUT2D eigenvalue weighted by atomic mass is 10.1. The molecule has 0 aliphatic carbocycles. The quantitative estimate of drug-likeness (QED) is 0.746. The standard InChI is InChI=1S/C11H22N2O2/c1-8(6-12)7-13(3)11(14)10-5-4-9(2)15-10/h8-10H,4-7,12H2,1-3H3. The molecule has 88 valence electrons. The van der Waals surface area contributed by atoms with Gasteiger partial charge in [0, 0.05) is 13.6 Å². The summed E-state index contributed by atoms with van der Waals surface area (Å²) in [4.78, 5) is 13.6. The van der Waals surface area contributed by atoms with E-state index in [-0.39, 0.29) is 18.1 Å². The van der Waals surface area contributed by atoms with Gasteiger partial charge < -0.3 is 15.4 Å². The van der Waals surface area contributed by atoms with Crippen molar-refractivity contribution in [3.05, 3.63) is 0 Å². The minimum absolute atomic E-state index is 0.0969. The average Bonchev–Trinajstić information content (AvgIpc) is 2.63. The maximum atomic E-state index is 11.9. The van der Waals surface area contributed by atoms with Gasteiger partial charge in [-0.2, -0.15) is 0 Å². The molecule has 3 unspecified atom stereocenters. The predicted octanol–water partition coefficient (Wildman–Crippen LogP) is 0.607. The van der Waals surface area contributed by atoms with Gasteiger partial charge in [-0.05, 0) is 32.2 Å². The Morgan fingerprint density at radius 1 is 1.60 bits per heavy atom. The molecule has 2 N–H and O–H groups in total. The number of nitrogens with zero attached hydrogens (tertiary/aromatic N) is 1. The molecule has 1 rings (SSSR count). The topological polar surface area (TPSA) is 55.6 Å². The van der Waals surface area contributed by atoms with Crippen molar-refractivity contribution < 1.29 is 9.53 Å². The first-order valence-corrected chi connectivity index (χ1v) is 5.65. The molecular weight excluding hydrogens is 192 g/mol. The Morgan fingerprint density at radius 3 is 2.73 bits per heavy atom. The summed E-state index contributed by atoms with van der Waals surface area (Å²) in [7, 11) is 1.82.